The number of nitrogens with two attached hydrogens (primary N) is 1. The molecule has 0 saturated carbocycles. The molecule has 2 amide bonds. The van der Waals surface area contributed by atoms with E-state index in [0.29, 0.717) is 0 Å². The number of nitrogens with zero attached hydrogens (tertiary/aromatic N) is 3. The summed E-state index contributed by atoms with van der Waals surface area (Å²) < 4.78 is 12.8. The summed E-state index contributed by atoms with van der Waals surface area (Å²) in [7, 11) is 0. The molecule has 0 bridgehead atoms. The van der Waals surface area contributed by atoms with Crippen LogP contribution in [0.3, 0.4) is 0 Å². The fourth-order valence-electron chi connectivity index (χ4n) is 1.53. The molecule has 0 fully saturated rings. The van der Waals surface area contributed by atoms with Gasteiger partial charge in [-0.1, -0.05) is 0 Å². The van der Waals surface area contributed by atoms with Crippen molar-refractivity contribution in [2.45, 2.75) is 6.92 Å². The van der Waals surface area contributed by atoms with Gasteiger partial charge in [-0.3, -0.25) is 9.59 Å². The molecule has 0 aliphatic carbocycles. The third-order valence-corrected chi connectivity index (χ3v) is 2.29. The number of carbonyl (C=O) groups is 2. The zero-order chi connectivity index (χ0) is 14.7. The number of nitrogens with one attached hydrogen (secondary N) is 1. The number of hydrogen-bond acceptors (Lipinski definition) is 5. The molecule has 8 heteroatoms. The highest BCUT2D eigenvalue weighted by Gasteiger charge is 2.15. The van der Waals surface area contributed by atoms with Crippen LogP contribution in [0.1, 0.15) is 17.4 Å². The number of amides is 2. The molecular weight excluding hydrogens is 265 g/mol. The van der Waals surface area contributed by atoms with E-state index >= 15 is 0 Å². The van der Waals surface area contributed by atoms with E-state index in [0.717, 1.165) is 12.4 Å². The molecule has 102 valence electrons. The second-order valence-corrected chi connectivity index (χ2v) is 3.86. The number of hydrogen-bond donors (Lipinski definition) is 2. The third-order valence-electron chi connectivity index (χ3n) is 2.29. The fourth-order valence-corrected chi connectivity index (χ4v) is 1.53. The highest BCUT2D eigenvalue weighted by molar-refractivity contribution is 5.98. The summed E-state index contributed by atoms with van der Waals surface area (Å²) in [6.45, 7) is 1.31. The summed E-state index contributed by atoms with van der Waals surface area (Å²) in [5.74, 6) is -1.45. The summed E-state index contributed by atoms with van der Waals surface area (Å²) in [5.41, 5.74) is 5.39. The van der Waals surface area contributed by atoms with Gasteiger partial charge in [0.1, 0.15) is 11.5 Å². The van der Waals surface area contributed by atoms with E-state index in [1.54, 1.807) is 0 Å². The molecule has 0 unspecified atom stereocenters. The van der Waals surface area contributed by atoms with Crippen molar-refractivity contribution in [2.75, 3.05) is 5.32 Å². The zero-order valence-corrected chi connectivity index (χ0v) is 10.4. The van der Waals surface area contributed by atoms with Crippen LogP contribution in [0.15, 0.2) is 24.5 Å². The molecule has 0 atom stereocenters. The Morgan fingerprint density at radius 3 is 2.45 bits per heavy atom. The first-order valence-corrected chi connectivity index (χ1v) is 5.53. The third kappa shape index (κ3) is 2.91. The van der Waals surface area contributed by atoms with Gasteiger partial charge in [0.2, 0.25) is 5.91 Å². The lowest BCUT2D eigenvalue weighted by Crippen LogP contribution is -2.17. The second-order valence-electron chi connectivity index (χ2n) is 3.86. The maximum Gasteiger partial charge on any atom is 0.268 e. The normalized spacial score (nSPS) is 10.1. The molecule has 0 aromatic carbocycles. The molecule has 0 saturated heterocycles. The molecule has 0 radical (unpaired) electrons. The topological polar surface area (TPSA) is 111 Å². The minimum Gasteiger partial charge on any atom is -0.364 e. The van der Waals surface area contributed by atoms with Crippen molar-refractivity contribution in [3.63, 3.8) is 0 Å². The highest BCUT2D eigenvalue weighted by atomic mass is 19.1. The van der Waals surface area contributed by atoms with Gasteiger partial charge in [0, 0.05) is 6.92 Å². The Balaban J connectivity index is 2.50. The van der Waals surface area contributed by atoms with Gasteiger partial charge in [-0.25, -0.2) is 19.3 Å². The number of halogens is 1. The average molecular weight is 275 g/mol. The Morgan fingerprint density at radius 2 is 1.90 bits per heavy atom. The Kier molecular flexibility index (Phi) is 3.65. The van der Waals surface area contributed by atoms with Crippen LogP contribution in [-0.2, 0) is 4.79 Å². The van der Waals surface area contributed by atoms with Crippen LogP contribution < -0.4 is 11.1 Å². The largest absolute Gasteiger partial charge is 0.364 e. The summed E-state index contributed by atoms with van der Waals surface area (Å²) >= 11 is 0. The molecule has 2 rings (SSSR count). The van der Waals surface area contributed by atoms with E-state index in [1.165, 1.54) is 19.1 Å². The molecule has 0 aliphatic heterocycles. The summed E-state index contributed by atoms with van der Waals surface area (Å²) in [6, 6.07) is 2.95. The fraction of sp³-hybridized carbons (Fsp3) is 0.0833. The Hall–Kier alpha value is -2.90. The van der Waals surface area contributed by atoms with Gasteiger partial charge >= 0.3 is 0 Å². The van der Waals surface area contributed by atoms with E-state index in [1.807, 2.05) is 0 Å². The van der Waals surface area contributed by atoms with Crippen LogP contribution in [-0.4, -0.2) is 26.8 Å². The van der Waals surface area contributed by atoms with E-state index in [-0.39, 0.29) is 28.8 Å². The summed E-state index contributed by atoms with van der Waals surface area (Å²) in [5, 5.41) is 2.43. The van der Waals surface area contributed by atoms with Gasteiger partial charge in [0.25, 0.3) is 5.91 Å². The van der Waals surface area contributed by atoms with Gasteiger partial charge in [-0.15, -0.1) is 0 Å². The zero-order valence-electron chi connectivity index (χ0n) is 10.4. The van der Waals surface area contributed by atoms with Crippen LogP contribution in [0.5, 0.6) is 0 Å². The van der Waals surface area contributed by atoms with Gasteiger partial charge < -0.3 is 11.1 Å². The molecule has 3 N–H and O–H groups in total. The van der Waals surface area contributed by atoms with Crippen LogP contribution in [0, 0.1) is 5.82 Å². The molecular formula is C12H10FN5O2. The minimum atomic E-state index is -0.805. The predicted molar refractivity (Wildman–Crippen MR) is 68.0 cm³/mol. The number of carbonyl (C=O) groups excluding carboxylic acids is 2. The molecule has 2 heterocycles. The van der Waals surface area contributed by atoms with Crippen molar-refractivity contribution in [3.8, 4) is 11.4 Å². The van der Waals surface area contributed by atoms with Crippen LogP contribution in [0.25, 0.3) is 11.4 Å². The maximum atomic E-state index is 12.8. The van der Waals surface area contributed by atoms with E-state index in [9.17, 15) is 14.0 Å². The van der Waals surface area contributed by atoms with Crippen molar-refractivity contribution in [1.82, 2.24) is 15.0 Å². The van der Waals surface area contributed by atoms with Gasteiger partial charge in [0.15, 0.2) is 11.6 Å². The van der Waals surface area contributed by atoms with E-state index < -0.39 is 11.7 Å². The number of anilines is 1. The van der Waals surface area contributed by atoms with E-state index in [2.05, 4.69) is 20.3 Å². The maximum absolute atomic E-state index is 12.8. The molecule has 2 aromatic heterocycles. The Morgan fingerprint density at radius 1 is 1.25 bits per heavy atom. The van der Waals surface area contributed by atoms with Crippen LogP contribution in [0.4, 0.5) is 10.2 Å². The lowest BCUT2D eigenvalue weighted by molar-refractivity contribution is -0.114. The standard InChI is InChI=1S/C12H10FN5O2/c1-6(19)17-9-3-2-8(10(18-9)11(14)20)12-15-4-7(13)5-16-12/h2-5H,1H3,(H2,14,20)(H,17,18,19). The van der Waals surface area contributed by atoms with Crippen molar-refractivity contribution < 1.29 is 14.0 Å². The van der Waals surface area contributed by atoms with E-state index in [4.69, 9.17) is 5.73 Å². The van der Waals surface area contributed by atoms with Crippen LogP contribution in [0.2, 0.25) is 0 Å². The smallest absolute Gasteiger partial charge is 0.268 e. The first-order valence-electron chi connectivity index (χ1n) is 5.53. The Bertz CT molecular complexity index is 672. The minimum absolute atomic E-state index is 0.108. The number of rotatable bonds is 3. The molecule has 2 aromatic rings. The SMILES string of the molecule is CC(=O)Nc1ccc(-c2ncc(F)cn2)c(C(N)=O)n1. The van der Waals surface area contributed by atoms with Crippen molar-refractivity contribution in [3.05, 3.63) is 36.0 Å². The lowest BCUT2D eigenvalue weighted by Gasteiger charge is -2.07. The van der Waals surface area contributed by atoms with Gasteiger partial charge in [-0.05, 0) is 12.1 Å². The quantitative estimate of drug-likeness (QED) is 0.858. The van der Waals surface area contributed by atoms with Crippen molar-refractivity contribution in [1.29, 1.82) is 0 Å². The van der Waals surface area contributed by atoms with Gasteiger partial charge in [0.05, 0.1) is 18.0 Å². The second kappa shape index (κ2) is 5.39. The highest BCUT2D eigenvalue weighted by Crippen LogP contribution is 2.20. The first-order chi connectivity index (χ1) is 9.47. The van der Waals surface area contributed by atoms with Crippen molar-refractivity contribution in [2.24, 2.45) is 5.73 Å². The van der Waals surface area contributed by atoms with Gasteiger partial charge in [-0.2, -0.15) is 0 Å². The number of pyridine rings is 1. The predicted octanol–water partition coefficient (Wildman–Crippen LogP) is 0.735. The lowest BCUT2D eigenvalue weighted by atomic mass is 10.1. The van der Waals surface area contributed by atoms with Crippen LogP contribution >= 0.6 is 0 Å². The average Bonchev–Trinajstić information content (AvgIpc) is 2.39. The molecule has 0 spiro atoms. The summed E-state index contributed by atoms with van der Waals surface area (Å²) in [6.07, 6.45) is 1.93. The summed E-state index contributed by atoms with van der Waals surface area (Å²) in [4.78, 5) is 33.8. The van der Waals surface area contributed by atoms with Crippen molar-refractivity contribution >= 4 is 17.6 Å². The monoisotopic (exact) mass is 275 g/mol. The number of aromatic nitrogens is 3. The number of primary amides is 1. The molecule has 20 heavy (non-hydrogen) atoms. The Labute approximate surface area is 113 Å². The molecule has 0 aliphatic rings. The molecule has 7 nitrogen and oxygen atoms in total. The first kappa shape index (κ1) is 13.5.